The first-order valence-corrected chi connectivity index (χ1v) is 11.9. The van der Waals surface area contributed by atoms with Gasteiger partial charge in [0.2, 0.25) is 5.91 Å². The molecule has 1 atom stereocenters. The van der Waals surface area contributed by atoms with Crippen LogP contribution in [0.1, 0.15) is 42.6 Å². The van der Waals surface area contributed by atoms with Gasteiger partial charge < -0.3 is 15.0 Å². The van der Waals surface area contributed by atoms with E-state index in [1.165, 1.54) is 5.56 Å². The minimum atomic E-state index is 0.0309. The number of rotatable bonds is 5. The highest BCUT2D eigenvalue weighted by molar-refractivity contribution is 5.92. The molecular formula is C25H32N6O2. The van der Waals surface area contributed by atoms with Gasteiger partial charge in [-0.2, -0.15) is 10.2 Å². The molecule has 4 heterocycles. The van der Waals surface area contributed by atoms with E-state index in [0.29, 0.717) is 6.54 Å². The molecule has 2 aromatic heterocycles. The molecule has 2 aliphatic heterocycles. The van der Waals surface area contributed by atoms with Crippen molar-refractivity contribution in [3.63, 3.8) is 0 Å². The number of aryl methyl sites for hydroxylation is 3. The van der Waals surface area contributed by atoms with E-state index >= 15 is 0 Å². The molecule has 0 saturated carbocycles. The number of fused-ring (bicyclic) bond motifs is 1. The molecule has 2 saturated heterocycles. The Morgan fingerprint density at radius 3 is 2.55 bits per heavy atom. The number of carbonyl (C=O) groups is 1. The molecule has 2 aliphatic rings. The lowest BCUT2D eigenvalue weighted by Gasteiger charge is -2.32. The number of benzene rings is 1. The van der Waals surface area contributed by atoms with Gasteiger partial charge in [-0.1, -0.05) is 17.7 Å². The first-order valence-electron chi connectivity index (χ1n) is 11.9. The van der Waals surface area contributed by atoms with Crippen molar-refractivity contribution in [2.24, 2.45) is 5.92 Å². The average Bonchev–Trinajstić information content (AvgIpc) is 3.47. The summed E-state index contributed by atoms with van der Waals surface area (Å²) in [6.07, 6.45) is 3.90. The number of aromatic nitrogens is 4. The largest absolute Gasteiger partial charge is 0.376 e. The third-order valence-electron chi connectivity index (χ3n) is 6.96. The van der Waals surface area contributed by atoms with Crippen molar-refractivity contribution in [1.82, 2.24) is 25.3 Å². The van der Waals surface area contributed by atoms with Crippen LogP contribution < -0.4 is 10.2 Å². The summed E-state index contributed by atoms with van der Waals surface area (Å²) in [7, 11) is 0. The van der Waals surface area contributed by atoms with Gasteiger partial charge in [0, 0.05) is 32.2 Å². The number of anilines is 1. The molecule has 0 aliphatic carbocycles. The van der Waals surface area contributed by atoms with E-state index in [1.807, 2.05) is 11.6 Å². The molecule has 0 radical (unpaired) electrons. The van der Waals surface area contributed by atoms with Crippen LogP contribution in [-0.2, 0) is 9.53 Å². The van der Waals surface area contributed by atoms with Gasteiger partial charge in [-0.3, -0.25) is 4.79 Å². The SMILES string of the molecule is Cc1ccc(-n2nc3c(N4CCC(C(=O)NCC5CCCO5)CC4)nnc(C)c3c2C)cc1. The van der Waals surface area contributed by atoms with Crippen molar-refractivity contribution >= 4 is 22.6 Å². The van der Waals surface area contributed by atoms with Crippen molar-refractivity contribution in [3.8, 4) is 5.69 Å². The lowest BCUT2D eigenvalue weighted by molar-refractivity contribution is -0.126. The van der Waals surface area contributed by atoms with Crippen LogP contribution in [0.25, 0.3) is 16.6 Å². The van der Waals surface area contributed by atoms with Gasteiger partial charge in [0.15, 0.2) is 5.82 Å². The van der Waals surface area contributed by atoms with Crippen LogP contribution in [0.4, 0.5) is 5.82 Å². The van der Waals surface area contributed by atoms with E-state index in [0.717, 1.165) is 79.2 Å². The van der Waals surface area contributed by atoms with E-state index in [-0.39, 0.29) is 17.9 Å². The van der Waals surface area contributed by atoms with Gasteiger partial charge in [0.1, 0.15) is 5.52 Å². The van der Waals surface area contributed by atoms with Gasteiger partial charge in [0.25, 0.3) is 0 Å². The average molecular weight is 449 g/mol. The smallest absolute Gasteiger partial charge is 0.223 e. The zero-order valence-corrected chi connectivity index (χ0v) is 19.7. The van der Waals surface area contributed by atoms with E-state index in [9.17, 15) is 4.79 Å². The predicted octanol–water partition coefficient (Wildman–Crippen LogP) is 3.25. The summed E-state index contributed by atoms with van der Waals surface area (Å²) in [5, 5.41) is 18.1. The molecule has 1 unspecified atom stereocenters. The monoisotopic (exact) mass is 448 g/mol. The molecule has 33 heavy (non-hydrogen) atoms. The van der Waals surface area contributed by atoms with Crippen molar-refractivity contribution in [1.29, 1.82) is 0 Å². The summed E-state index contributed by atoms with van der Waals surface area (Å²) in [4.78, 5) is 14.9. The Balaban J connectivity index is 1.33. The third-order valence-corrected chi connectivity index (χ3v) is 6.96. The molecule has 3 aromatic rings. The van der Waals surface area contributed by atoms with Crippen LogP contribution in [0.15, 0.2) is 24.3 Å². The maximum atomic E-state index is 12.7. The Hall–Kier alpha value is -3.00. The Morgan fingerprint density at radius 1 is 1.09 bits per heavy atom. The van der Waals surface area contributed by atoms with Crippen molar-refractivity contribution < 1.29 is 9.53 Å². The van der Waals surface area contributed by atoms with E-state index in [2.05, 4.69) is 58.5 Å². The van der Waals surface area contributed by atoms with Gasteiger partial charge in [-0.05, 0) is 58.6 Å². The fraction of sp³-hybridized carbons (Fsp3) is 0.520. The lowest BCUT2D eigenvalue weighted by Crippen LogP contribution is -2.42. The Morgan fingerprint density at radius 2 is 1.85 bits per heavy atom. The number of piperidine rings is 1. The first kappa shape index (κ1) is 21.8. The second-order valence-corrected chi connectivity index (χ2v) is 9.31. The summed E-state index contributed by atoms with van der Waals surface area (Å²) >= 11 is 0. The molecule has 8 heteroatoms. The van der Waals surface area contributed by atoms with E-state index < -0.39 is 0 Å². The number of nitrogens with one attached hydrogen (secondary N) is 1. The van der Waals surface area contributed by atoms with Crippen molar-refractivity contribution in [3.05, 3.63) is 41.2 Å². The number of hydrogen-bond acceptors (Lipinski definition) is 6. The topological polar surface area (TPSA) is 85.2 Å². The maximum Gasteiger partial charge on any atom is 0.223 e. The molecule has 1 amide bonds. The van der Waals surface area contributed by atoms with Gasteiger partial charge in [-0.25, -0.2) is 4.68 Å². The standard InChI is InChI=1S/C25H32N6O2/c1-16-6-8-20(9-7-16)31-18(3)22-17(2)27-28-24(23(22)29-31)30-12-10-19(11-13-30)25(32)26-15-21-5-4-14-33-21/h6-9,19,21H,4-5,10-15H2,1-3H3,(H,26,32). The summed E-state index contributed by atoms with van der Waals surface area (Å²) in [6, 6.07) is 8.37. The van der Waals surface area contributed by atoms with E-state index in [4.69, 9.17) is 9.84 Å². The molecule has 2 fully saturated rings. The van der Waals surface area contributed by atoms with Crippen LogP contribution in [0, 0.1) is 26.7 Å². The van der Waals surface area contributed by atoms with Crippen LogP contribution in [0.5, 0.6) is 0 Å². The van der Waals surface area contributed by atoms with Crippen molar-refractivity contribution in [2.45, 2.75) is 52.6 Å². The van der Waals surface area contributed by atoms with Gasteiger partial charge in [-0.15, -0.1) is 5.10 Å². The quantitative estimate of drug-likeness (QED) is 0.645. The van der Waals surface area contributed by atoms with Gasteiger partial charge >= 0.3 is 0 Å². The summed E-state index contributed by atoms with van der Waals surface area (Å²) in [5.41, 5.74) is 5.07. The second-order valence-electron chi connectivity index (χ2n) is 9.31. The zero-order chi connectivity index (χ0) is 22.9. The highest BCUT2D eigenvalue weighted by atomic mass is 16.5. The third kappa shape index (κ3) is 4.31. The number of hydrogen-bond donors (Lipinski definition) is 1. The molecule has 5 rings (SSSR count). The molecule has 0 bridgehead atoms. The minimum absolute atomic E-state index is 0.0309. The lowest BCUT2D eigenvalue weighted by atomic mass is 9.95. The fourth-order valence-corrected chi connectivity index (χ4v) is 4.98. The van der Waals surface area contributed by atoms with Crippen LogP contribution in [0.3, 0.4) is 0 Å². The van der Waals surface area contributed by atoms with Crippen LogP contribution >= 0.6 is 0 Å². The Bertz CT molecular complexity index is 1140. The zero-order valence-electron chi connectivity index (χ0n) is 19.7. The van der Waals surface area contributed by atoms with E-state index in [1.54, 1.807) is 0 Å². The fourth-order valence-electron chi connectivity index (χ4n) is 4.98. The predicted molar refractivity (Wildman–Crippen MR) is 128 cm³/mol. The molecule has 8 nitrogen and oxygen atoms in total. The first-order chi connectivity index (χ1) is 16.0. The van der Waals surface area contributed by atoms with Crippen LogP contribution in [0.2, 0.25) is 0 Å². The highest BCUT2D eigenvalue weighted by Gasteiger charge is 2.29. The number of ether oxygens (including phenoxy) is 1. The molecule has 0 spiro atoms. The highest BCUT2D eigenvalue weighted by Crippen LogP contribution is 2.31. The van der Waals surface area contributed by atoms with Crippen LogP contribution in [-0.4, -0.2) is 58.2 Å². The molecule has 1 N–H and O–H groups in total. The van der Waals surface area contributed by atoms with Crippen molar-refractivity contribution in [2.75, 3.05) is 31.1 Å². The Kier molecular flexibility index (Phi) is 6.01. The molecule has 174 valence electrons. The van der Waals surface area contributed by atoms with Gasteiger partial charge in [0.05, 0.1) is 28.6 Å². The summed E-state index contributed by atoms with van der Waals surface area (Å²) < 4.78 is 7.60. The second kappa shape index (κ2) is 9.09. The number of nitrogens with zero attached hydrogens (tertiary/aromatic N) is 5. The number of amides is 1. The minimum Gasteiger partial charge on any atom is -0.376 e. The molecule has 1 aromatic carbocycles. The normalized spacial score (nSPS) is 19.4. The summed E-state index contributed by atoms with van der Waals surface area (Å²) in [6.45, 7) is 9.11. The summed E-state index contributed by atoms with van der Waals surface area (Å²) in [5.74, 6) is 0.982. The molecular weight excluding hydrogens is 416 g/mol. The number of carbonyl (C=O) groups excluding carboxylic acids is 1. The Labute approximate surface area is 194 Å². The maximum absolute atomic E-state index is 12.7.